The number of carbonyl (C=O) groups excluding carboxylic acids is 3. The summed E-state index contributed by atoms with van der Waals surface area (Å²) in [4.78, 5) is 67.1. The van der Waals surface area contributed by atoms with Crippen LogP contribution in [0.3, 0.4) is 0 Å². The number of aryl methyl sites for hydroxylation is 1. The molecular formula is C42H44N12O4. The first kappa shape index (κ1) is 35.8. The molecule has 0 bridgehead atoms. The van der Waals surface area contributed by atoms with Crippen LogP contribution in [-0.4, -0.2) is 97.2 Å². The number of rotatable bonds is 9. The van der Waals surface area contributed by atoms with Crippen molar-refractivity contribution in [3.8, 4) is 11.3 Å². The maximum Gasteiger partial charge on any atom is 0.329 e. The summed E-state index contributed by atoms with van der Waals surface area (Å²) in [7, 11) is 3.58. The highest BCUT2D eigenvalue weighted by Gasteiger charge is 2.32. The first-order valence-electron chi connectivity index (χ1n) is 20.0. The Bertz CT molecular complexity index is 2700. The van der Waals surface area contributed by atoms with E-state index in [0.29, 0.717) is 23.3 Å². The van der Waals surface area contributed by atoms with Gasteiger partial charge in [0.2, 0.25) is 11.8 Å². The first-order chi connectivity index (χ1) is 28.2. The van der Waals surface area contributed by atoms with Crippen LogP contribution in [0.2, 0.25) is 0 Å². The Balaban J connectivity index is 0.843. The van der Waals surface area contributed by atoms with Crippen molar-refractivity contribution >= 4 is 57.3 Å². The third-order valence-electron chi connectivity index (χ3n) is 12.0. The van der Waals surface area contributed by atoms with Crippen molar-refractivity contribution in [2.75, 3.05) is 54.9 Å². The molecule has 1 aliphatic carbocycles. The molecule has 0 spiro atoms. The number of anilines is 4. The van der Waals surface area contributed by atoms with E-state index in [1.165, 1.54) is 10.1 Å². The van der Waals surface area contributed by atoms with Crippen molar-refractivity contribution in [1.29, 1.82) is 0 Å². The molecule has 16 nitrogen and oxygen atoms in total. The average Bonchev–Trinajstić information content (AvgIpc) is 3.67. The van der Waals surface area contributed by atoms with Crippen LogP contribution in [0.4, 0.5) is 22.9 Å². The molecule has 58 heavy (non-hydrogen) atoms. The SMILES string of the molecule is CNc1cc(N2CCc3c(-c4cc(N5CCN(Cc6ccc7c(c6)n(C)c(=O)n7C6CCC(=O)NC6=O)CC5)ccn4)cccc32)nn2c(C(=O)NC3CC3)cnc12. The summed E-state index contributed by atoms with van der Waals surface area (Å²) in [5.74, 6) is -0.158. The molecule has 1 unspecified atom stereocenters. The molecule has 3 fully saturated rings. The Morgan fingerprint density at radius 2 is 1.76 bits per heavy atom. The van der Waals surface area contributed by atoms with Gasteiger partial charge in [0.15, 0.2) is 17.2 Å². The molecule has 3 aliphatic heterocycles. The maximum absolute atomic E-state index is 13.3. The van der Waals surface area contributed by atoms with Crippen LogP contribution in [0.5, 0.6) is 0 Å². The lowest BCUT2D eigenvalue weighted by Crippen LogP contribution is -2.46. The summed E-state index contributed by atoms with van der Waals surface area (Å²) in [5.41, 5.74) is 9.56. The van der Waals surface area contributed by atoms with Crippen LogP contribution in [0.15, 0.2) is 71.8 Å². The van der Waals surface area contributed by atoms with Gasteiger partial charge in [0, 0.05) is 95.0 Å². The number of benzene rings is 2. The number of imidazole rings is 2. The van der Waals surface area contributed by atoms with Crippen LogP contribution in [0, 0.1) is 0 Å². The fraction of sp³-hybridized carbons (Fsp3) is 0.357. The number of carbonyl (C=O) groups is 3. The van der Waals surface area contributed by atoms with Crippen LogP contribution >= 0.6 is 0 Å². The number of amides is 3. The lowest BCUT2D eigenvalue weighted by atomic mass is 10.0. The van der Waals surface area contributed by atoms with Gasteiger partial charge in [-0.2, -0.15) is 0 Å². The topological polar surface area (TPSA) is 167 Å². The molecule has 1 saturated carbocycles. The zero-order valence-electron chi connectivity index (χ0n) is 32.4. The first-order valence-corrected chi connectivity index (χ1v) is 20.0. The summed E-state index contributed by atoms with van der Waals surface area (Å²) in [6.07, 6.45) is 6.84. The Labute approximate surface area is 333 Å². The van der Waals surface area contributed by atoms with Gasteiger partial charge in [0.1, 0.15) is 6.04 Å². The zero-order chi connectivity index (χ0) is 39.7. The minimum Gasteiger partial charge on any atom is -0.385 e. The van der Waals surface area contributed by atoms with Gasteiger partial charge in [0.25, 0.3) is 5.91 Å². The van der Waals surface area contributed by atoms with Crippen molar-refractivity contribution in [2.24, 2.45) is 7.05 Å². The molecule has 16 heteroatoms. The average molecular weight is 781 g/mol. The van der Waals surface area contributed by atoms with E-state index >= 15 is 0 Å². The van der Waals surface area contributed by atoms with Gasteiger partial charge in [-0.25, -0.2) is 14.3 Å². The zero-order valence-corrected chi connectivity index (χ0v) is 32.4. The van der Waals surface area contributed by atoms with Crippen LogP contribution in [-0.2, 0) is 29.6 Å². The summed E-state index contributed by atoms with van der Waals surface area (Å²) in [6.45, 7) is 4.93. The van der Waals surface area contributed by atoms with Crippen LogP contribution < -0.4 is 31.4 Å². The van der Waals surface area contributed by atoms with E-state index in [2.05, 4.69) is 66.0 Å². The minimum absolute atomic E-state index is 0.161. The smallest absolute Gasteiger partial charge is 0.329 e. The van der Waals surface area contributed by atoms with E-state index in [1.807, 2.05) is 37.5 Å². The normalized spacial score (nSPS) is 18.6. The number of hydrogen-bond acceptors (Lipinski definition) is 11. The van der Waals surface area contributed by atoms with E-state index in [9.17, 15) is 19.2 Å². The maximum atomic E-state index is 13.3. The monoisotopic (exact) mass is 780 g/mol. The summed E-state index contributed by atoms with van der Waals surface area (Å²) >= 11 is 0. The predicted octanol–water partition coefficient (Wildman–Crippen LogP) is 3.37. The highest BCUT2D eigenvalue weighted by atomic mass is 16.2. The number of pyridine rings is 1. The number of hydrogen-bond donors (Lipinski definition) is 3. The van der Waals surface area contributed by atoms with Gasteiger partial charge < -0.3 is 20.4 Å². The van der Waals surface area contributed by atoms with Crippen LogP contribution in [0.25, 0.3) is 27.9 Å². The van der Waals surface area contributed by atoms with E-state index in [0.717, 1.165) is 104 Å². The highest BCUT2D eigenvalue weighted by Crippen LogP contribution is 2.40. The number of piperazine rings is 1. The van der Waals surface area contributed by atoms with Crippen molar-refractivity contribution < 1.29 is 14.4 Å². The fourth-order valence-electron chi connectivity index (χ4n) is 8.75. The lowest BCUT2D eigenvalue weighted by molar-refractivity contribution is -0.135. The van der Waals surface area contributed by atoms with Gasteiger partial charge in [0.05, 0.1) is 28.6 Å². The number of fused-ring (bicyclic) bond motifs is 3. The van der Waals surface area contributed by atoms with Crippen molar-refractivity contribution in [2.45, 2.75) is 50.7 Å². The Hall–Kier alpha value is -6.55. The third kappa shape index (κ3) is 6.23. The molecule has 7 heterocycles. The molecule has 0 radical (unpaired) electrons. The van der Waals surface area contributed by atoms with Gasteiger partial charge in [-0.05, 0) is 67.1 Å². The largest absolute Gasteiger partial charge is 0.385 e. The van der Waals surface area contributed by atoms with Crippen molar-refractivity contribution in [3.63, 3.8) is 0 Å². The lowest BCUT2D eigenvalue weighted by Gasteiger charge is -2.36. The molecule has 4 aromatic heterocycles. The standard InChI is InChI=1S/C42H44N12O4/c1-43-31-22-37(48-54-36(23-45-39(31)54)41(57)46-26-7-8-26)52-15-13-29-28(4-3-5-32(29)52)30-21-27(12-14-44-30)51-18-16-50(17-19-51)24-25-6-9-33-35(20-25)49(2)42(58)53(33)34-10-11-38(55)47-40(34)56/h3-6,9,12,14,20-23,26,34,43H,7-8,10-11,13,15-19,24H2,1-2H3,(H,46,57)(H,47,55,56). The number of piperidine rings is 1. The van der Waals surface area contributed by atoms with Crippen molar-refractivity contribution in [1.82, 2.24) is 44.2 Å². The Kier molecular flexibility index (Phi) is 8.73. The highest BCUT2D eigenvalue weighted by molar-refractivity contribution is 6.00. The van der Waals surface area contributed by atoms with E-state index in [1.54, 1.807) is 22.3 Å². The number of aromatic nitrogens is 6. The van der Waals surface area contributed by atoms with Crippen LogP contribution in [0.1, 0.15) is 53.3 Å². The van der Waals surface area contributed by atoms with E-state index < -0.39 is 11.9 Å². The predicted molar refractivity (Wildman–Crippen MR) is 219 cm³/mol. The second-order valence-electron chi connectivity index (χ2n) is 15.7. The fourth-order valence-corrected chi connectivity index (χ4v) is 8.75. The second-order valence-corrected chi connectivity index (χ2v) is 15.7. The summed E-state index contributed by atoms with van der Waals surface area (Å²) in [6, 6.07) is 18.1. The Morgan fingerprint density at radius 1 is 0.914 bits per heavy atom. The number of nitrogens with zero attached hydrogens (tertiary/aromatic N) is 9. The van der Waals surface area contributed by atoms with Gasteiger partial charge in [-0.15, -0.1) is 5.10 Å². The second kappa shape index (κ2) is 14.1. The summed E-state index contributed by atoms with van der Waals surface area (Å²) < 4.78 is 4.76. The number of imide groups is 1. The van der Waals surface area contributed by atoms with Gasteiger partial charge >= 0.3 is 5.69 Å². The van der Waals surface area contributed by atoms with E-state index in [-0.39, 0.29) is 30.0 Å². The molecule has 2 saturated heterocycles. The Morgan fingerprint density at radius 3 is 2.55 bits per heavy atom. The molecular weight excluding hydrogens is 737 g/mol. The van der Waals surface area contributed by atoms with Gasteiger partial charge in [-0.3, -0.25) is 38.7 Å². The molecule has 1 atom stereocenters. The summed E-state index contributed by atoms with van der Waals surface area (Å²) in [5, 5.41) is 13.6. The molecule has 2 aromatic carbocycles. The molecule has 296 valence electrons. The molecule has 6 aromatic rings. The molecule has 3 N–H and O–H groups in total. The molecule has 10 rings (SSSR count). The molecule has 4 aliphatic rings. The van der Waals surface area contributed by atoms with E-state index in [4.69, 9.17) is 10.1 Å². The van der Waals surface area contributed by atoms with Crippen molar-refractivity contribution in [3.05, 3.63) is 94.3 Å². The number of nitrogens with one attached hydrogen (secondary N) is 3. The van der Waals surface area contributed by atoms with Gasteiger partial charge in [-0.1, -0.05) is 18.2 Å². The third-order valence-corrected chi connectivity index (χ3v) is 12.0. The molecule has 3 amide bonds. The quantitative estimate of drug-likeness (QED) is 0.184. The minimum atomic E-state index is -0.700.